The molecule has 0 aliphatic heterocycles. The maximum Gasteiger partial charge on any atom is 0.416 e. The smallest absolute Gasteiger partial charge is 0.416 e. The minimum Gasteiger partial charge on any atom is -0.495 e. The van der Waals surface area contributed by atoms with Gasteiger partial charge in [-0.15, -0.1) is 0 Å². The van der Waals surface area contributed by atoms with Gasteiger partial charge in [-0.05, 0) is 42.8 Å². The molecule has 0 atom stereocenters. The Balaban J connectivity index is 1.72. The predicted octanol–water partition coefficient (Wildman–Crippen LogP) is 4.66. The largest absolute Gasteiger partial charge is 0.495 e. The molecule has 0 saturated heterocycles. The van der Waals surface area contributed by atoms with Crippen LogP contribution in [0, 0.1) is 0 Å². The number of methoxy groups -OCH3 is 1. The van der Waals surface area contributed by atoms with E-state index in [4.69, 9.17) is 21.1 Å². The summed E-state index contributed by atoms with van der Waals surface area (Å²) in [6.07, 6.45) is -4.52. The average Bonchev–Trinajstić information content (AvgIpc) is 2.72. The van der Waals surface area contributed by atoms with Crippen molar-refractivity contribution in [2.24, 2.45) is 0 Å². The van der Waals surface area contributed by atoms with Crippen LogP contribution in [-0.2, 0) is 25.3 Å². The van der Waals surface area contributed by atoms with Crippen LogP contribution in [0.3, 0.4) is 0 Å². The molecule has 0 aromatic heterocycles. The molecule has 0 aliphatic rings. The minimum atomic E-state index is -4.54. The second-order valence-electron chi connectivity index (χ2n) is 6.53. The van der Waals surface area contributed by atoms with Gasteiger partial charge in [0.2, 0.25) is 5.91 Å². The molecule has 2 amide bonds. The lowest BCUT2D eigenvalue weighted by atomic mass is 10.2. The highest BCUT2D eigenvalue weighted by Gasteiger charge is 2.30. The summed E-state index contributed by atoms with van der Waals surface area (Å²) in [4.78, 5) is 35.6. The van der Waals surface area contributed by atoms with Crippen molar-refractivity contribution in [3.63, 3.8) is 0 Å². The van der Waals surface area contributed by atoms with Crippen molar-refractivity contribution in [2.75, 3.05) is 24.4 Å². The molecular weight excluding hydrogens is 453 g/mol. The number of rotatable bonds is 9. The van der Waals surface area contributed by atoms with Gasteiger partial charge in [0, 0.05) is 23.6 Å². The number of halogens is 4. The Morgan fingerprint density at radius 2 is 1.75 bits per heavy atom. The van der Waals surface area contributed by atoms with Crippen molar-refractivity contribution in [3.05, 3.63) is 53.1 Å². The summed E-state index contributed by atoms with van der Waals surface area (Å²) in [5.41, 5.74) is -0.603. The lowest BCUT2D eigenvalue weighted by Crippen LogP contribution is -2.21. The van der Waals surface area contributed by atoms with Crippen molar-refractivity contribution in [2.45, 2.75) is 25.4 Å². The Kier molecular flexibility index (Phi) is 8.89. The summed E-state index contributed by atoms with van der Waals surface area (Å²) in [5.74, 6) is -1.46. The van der Waals surface area contributed by atoms with Gasteiger partial charge in [0.25, 0.3) is 5.91 Å². The lowest BCUT2D eigenvalue weighted by molar-refractivity contribution is -0.147. The number of anilines is 2. The monoisotopic (exact) mass is 472 g/mol. The van der Waals surface area contributed by atoms with E-state index >= 15 is 0 Å². The summed E-state index contributed by atoms with van der Waals surface area (Å²) >= 11 is 5.89. The first kappa shape index (κ1) is 25.0. The van der Waals surface area contributed by atoms with Gasteiger partial charge in [-0.1, -0.05) is 17.7 Å². The molecule has 0 spiro atoms. The molecule has 7 nitrogen and oxygen atoms in total. The van der Waals surface area contributed by atoms with Crippen LogP contribution >= 0.6 is 11.6 Å². The third kappa shape index (κ3) is 8.10. The molecule has 2 rings (SSSR count). The van der Waals surface area contributed by atoms with Gasteiger partial charge in [0.15, 0.2) is 6.61 Å². The molecule has 2 N–H and O–H groups in total. The summed E-state index contributed by atoms with van der Waals surface area (Å²) in [6, 6.07) is 8.79. The normalized spacial score (nSPS) is 10.9. The zero-order valence-corrected chi connectivity index (χ0v) is 17.7. The van der Waals surface area contributed by atoms with Crippen LogP contribution in [0.1, 0.15) is 24.8 Å². The van der Waals surface area contributed by atoms with Crippen LogP contribution in [0.2, 0.25) is 5.02 Å². The fourth-order valence-corrected chi connectivity index (χ4v) is 2.74. The zero-order valence-electron chi connectivity index (χ0n) is 16.9. The van der Waals surface area contributed by atoms with Crippen molar-refractivity contribution in [1.82, 2.24) is 0 Å². The van der Waals surface area contributed by atoms with E-state index in [1.54, 1.807) is 12.1 Å². The Hall–Kier alpha value is -3.27. The topological polar surface area (TPSA) is 93.7 Å². The second-order valence-corrected chi connectivity index (χ2v) is 6.97. The summed E-state index contributed by atoms with van der Waals surface area (Å²) in [6.45, 7) is -0.666. The first-order valence-corrected chi connectivity index (χ1v) is 9.72. The van der Waals surface area contributed by atoms with Crippen LogP contribution in [0.25, 0.3) is 0 Å². The third-order valence-corrected chi connectivity index (χ3v) is 4.29. The molecule has 0 fully saturated rings. The first-order chi connectivity index (χ1) is 15.1. The molecule has 0 aliphatic carbocycles. The Morgan fingerprint density at radius 1 is 1.00 bits per heavy atom. The lowest BCUT2D eigenvalue weighted by Gasteiger charge is -2.11. The highest BCUT2D eigenvalue weighted by molar-refractivity contribution is 6.31. The minimum absolute atomic E-state index is 0.00119. The van der Waals surface area contributed by atoms with Gasteiger partial charge < -0.3 is 20.1 Å². The number of alkyl halides is 3. The van der Waals surface area contributed by atoms with Gasteiger partial charge in [-0.2, -0.15) is 13.2 Å². The summed E-state index contributed by atoms with van der Waals surface area (Å²) in [5, 5.41) is 5.26. The fraction of sp³-hybridized carbons (Fsp3) is 0.286. The average molecular weight is 473 g/mol. The molecule has 11 heteroatoms. The molecule has 0 heterocycles. The van der Waals surface area contributed by atoms with E-state index < -0.39 is 30.2 Å². The molecule has 0 bridgehead atoms. The van der Waals surface area contributed by atoms with Crippen molar-refractivity contribution in [1.29, 1.82) is 0 Å². The van der Waals surface area contributed by atoms with Crippen LogP contribution in [0.5, 0.6) is 5.75 Å². The fourth-order valence-electron chi connectivity index (χ4n) is 2.57. The highest BCUT2D eigenvalue weighted by Crippen LogP contribution is 2.30. The molecule has 32 heavy (non-hydrogen) atoms. The number of esters is 1. The van der Waals surface area contributed by atoms with E-state index in [1.807, 2.05) is 0 Å². The highest BCUT2D eigenvalue weighted by atomic mass is 35.5. The SMILES string of the molecule is COc1ccc(Cl)cc1NC(=O)CCCC(=O)OCC(=O)Nc1cccc(C(F)(F)F)c1. The number of carbonyl (C=O) groups is 3. The molecule has 0 radical (unpaired) electrons. The van der Waals surface area contributed by atoms with E-state index in [2.05, 4.69) is 10.6 Å². The standard InChI is InChI=1S/C21H20ClF3N2O5/c1-31-17-9-8-14(22)11-16(17)27-18(28)6-3-7-20(30)32-12-19(29)26-15-5-2-4-13(10-15)21(23,24)25/h2,4-5,8-11H,3,6-7,12H2,1H3,(H,26,29)(H,27,28). The van der Waals surface area contributed by atoms with Crippen LogP contribution < -0.4 is 15.4 Å². The van der Waals surface area contributed by atoms with Crippen molar-refractivity contribution in [3.8, 4) is 5.75 Å². The van der Waals surface area contributed by atoms with Crippen LogP contribution in [0.4, 0.5) is 24.5 Å². The maximum absolute atomic E-state index is 12.7. The maximum atomic E-state index is 12.7. The number of amides is 2. The number of benzene rings is 2. The van der Waals surface area contributed by atoms with Gasteiger partial charge >= 0.3 is 12.1 Å². The number of hydrogen-bond acceptors (Lipinski definition) is 5. The predicted molar refractivity (Wildman–Crippen MR) is 112 cm³/mol. The van der Waals surface area contributed by atoms with E-state index in [0.717, 1.165) is 18.2 Å². The molecular formula is C21H20ClF3N2O5. The van der Waals surface area contributed by atoms with Crippen LogP contribution in [0.15, 0.2) is 42.5 Å². The van der Waals surface area contributed by atoms with Crippen LogP contribution in [-0.4, -0.2) is 31.5 Å². The Bertz CT molecular complexity index is 982. The Labute approximate surface area is 186 Å². The molecule has 0 unspecified atom stereocenters. The molecule has 0 saturated carbocycles. The number of ether oxygens (including phenoxy) is 2. The molecule has 172 valence electrons. The Morgan fingerprint density at radius 3 is 2.44 bits per heavy atom. The van der Waals surface area contributed by atoms with Crippen molar-refractivity contribution < 1.29 is 37.0 Å². The molecule has 2 aromatic carbocycles. The number of hydrogen-bond donors (Lipinski definition) is 2. The van der Waals surface area contributed by atoms with E-state index in [-0.39, 0.29) is 30.9 Å². The summed E-state index contributed by atoms with van der Waals surface area (Å²) in [7, 11) is 1.44. The van der Waals surface area contributed by atoms with E-state index in [9.17, 15) is 27.6 Å². The summed E-state index contributed by atoms with van der Waals surface area (Å²) < 4.78 is 48.0. The second kappa shape index (κ2) is 11.4. The van der Waals surface area contributed by atoms with Crippen molar-refractivity contribution >= 4 is 40.8 Å². The molecule has 2 aromatic rings. The quantitative estimate of drug-likeness (QED) is 0.518. The third-order valence-electron chi connectivity index (χ3n) is 4.06. The van der Waals surface area contributed by atoms with Gasteiger partial charge in [0.1, 0.15) is 5.75 Å². The number of carbonyl (C=O) groups excluding carboxylic acids is 3. The van der Waals surface area contributed by atoms with Gasteiger partial charge in [0.05, 0.1) is 18.4 Å². The van der Waals surface area contributed by atoms with E-state index in [0.29, 0.717) is 16.5 Å². The van der Waals surface area contributed by atoms with E-state index in [1.165, 1.54) is 19.2 Å². The zero-order chi connectivity index (χ0) is 23.7. The number of nitrogens with one attached hydrogen (secondary N) is 2. The first-order valence-electron chi connectivity index (χ1n) is 9.34. The van der Waals surface area contributed by atoms with Gasteiger partial charge in [-0.25, -0.2) is 0 Å². The van der Waals surface area contributed by atoms with Gasteiger partial charge in [-0.3, -0.25) is 14.4 Å².